The molecule has 1 saturated heterocycles. The Bertz CT molecular complexity index is 313. The summed E-state index contributed by atoms with van der Waals surface area (Å²) in [4.78, 5) is 5.19. The van der Waals surface area contributed by atoms with Crippen molar-refractivity contribution in [2.24, 2.45) is 0 Å². The summed E-state index contributed by atoms with van der Waals surface area (Å²) in [7, 11) is 0. The molecule has 2 bridgehead atoms. The van der Waals surface area contributed by atoms with E-state index in [2.05, 4.69) is 17.6 Å². The van der Waals surface area contributed by atoms with Crippen LogP contribution in [-0.2, 0) is 16.0 Å². The van der Waals surface area contributed by atoms with Gasteiger partial charge in [0.05, 0.1) is 0 Å². The predicted octanol–water partition coefficient (Wildman–Crippen LogP) is 1.12. The van der Waals surface area contributed by atoms with Crippen LogP contribution in [0, 0.1) is 0 Å². The van der Waals surface area contributed by atoms with Gasteiger partial charge < -0.3 is 4.74 Å². The van der Waals surface area contributed by atoms with Gasteiger partial charge in [0.15, 0.2) is 12.5 Å². The lowest BCUT2D eigenvalue weighted by atomic mass is 10.0. The Morgan fingerprint density at radius 1 is 1.33 bits per heavy atom. The number of ether oxygens (including phenoxy) is 1. The lowest BCUT2D eigenvalue weighted by molar-refractivity contribution is -0.0736. The van der Waals surface area contributed by atoms with E-state index in [4.69, 9.17) is 9.57 Å². The fourth-order valence-electron chi connectivity index (χ4n) is 1.73. The standard InChI is InChI=1S/C9H9NO2/c1-2-4-7-6(3-1)5-8-11-9(7)10-12-8/h1-4,8-10H,5H2. The molecule has 1 fully saturated rings. The van der Waals surface area contributed by atoms with Crippen LogP contribution in [0.3, 0.4) is 0 Å². The highest BCUT2D eigenvalue weighted by Crippen LogP contribution is 2.32. The Morgan fingerprint density at radius 3 is 3.25 bits per heavy atom. The predicted molar refractivity (Wildman–Crippen MR) is 42.0 cm³/mol. The molecule has 2 unspecified atom stereocenters. The number of hydrogen-bond donors (Lipinski definition) is 1. The molecule has 0 saturated carbocycles. The first kappa shape index (κ1) is 6.60. The molecule has 1 N–H and O–H groups in total. The van der Waals surface area contributed by atoms with Gasteiger partial charge in [-0.2, -0.15) is 5.48 Å². The second kappa shape index (κ2) is 2.29. The lowest BCUT2D eigenvalue weighted by Crippen LogP contribution is -2.18. The maximum absolute atomic E-state index is 5.49. The van der Waals surface area contributed by atoms with Crippen molar-refractivity contribution in [3.05, 3.63) is 35.4 Å². The summed E-state index contributed by atoms with van der Waals surface area (Å²) in [6.45, 7) is 0. The van der Waals surface area contributed by atoms with Crippen molar-refractivity contribution < 1.29 is 9.57 Å². The summed E-state index contributed by atoms with van der Waals surface area (Å²) < 4.78 is 5.49. The molecule has 3 heteroatoms. The number of fused-ring (bicyclic) bond motifs is 4. The normalized spacial score (nSPS) is 31.7. The van der Waals surface area contributed by atoms with E-state index in [0.29, 0.717) is 0 Å². The quantitative estimate of drug-likeness (QED) is 0.621. The molecule has 2 aliphatic heterocycles. The molecule has 0 spiro atoms. The maximum atomic E-state index is 5.49. The second-order valence-corrected chi connectivity index (χ2v) is 3.08. The van der Waals surface area contributed by atoms with Crippen molar-refractivity contribution in [2.45, 2.75) is 18.9 Å². The third-order valence-corrected chi connectivity index (χ3v) is 2.32. The van der Waals surface area contributed by atoms with Crippen molar-refractivity contribution >= 4 is 0 Å². The molecular weight excluding hydrogens is 154 g/mol. The highest BCUT2D eigenvalue weighted by Gasteiger charge is 2.33. The highest BCUT2D eigenvalue weighted by atomic mass is 16.8. The number of nitrogens with one attached hydrogen (secondary N) is 1. The molecule has 0 aromatic heterocycles. The van der Waals surface area contributed by atoms with E-state index in [1.165, 1.54) is 11.1 Å². The van der Waals surface area contributed by atoms with Crippen molar-refractivity contribution in [2.75, 3.05) is 0 Å². The highest BCUT2D eigenvalue weighted by molar-refractivity contribution is 5.31. The molecule has 0 amide bonds. The summed E-state index contributed by atoms with van der Waals surface area (Å²) in [5.41, 5.74) is 5.38. The average molecular weight is 163 g/mol. The minimum atomic E-state index is -0.0927. The van der Waals surface area contributed by atoms with E-state index >= 15 is 0 Å². The molecule has 3 rings (SSSR count). The zero-order valence-electron chi connectivity index (χ0n) is 6.49. The van der Waals surface area contributed by atoms with Crippen molar-refractivity contribution in [1.82, 2.24) is 5.48 Å². The lowest BCUT2D eigenvalue weighted by Gasteiger charge is -2.19. The van der Waals surface area contributed by atoms with Crippen LogP contribution in [0.1, 0.15) is 17.4 Å². The van der Waals surface area contributed by atoms with Gasteiger partial charge >= 0.3 is 0 Å². The minimum absolute atomic E-state index is 0.0556. The molecule has 12 heavy (non-hydrogen) atoms. The fraction of sp³-hybridized carbons (Fsp3) is 0.333. The van der Waals surface area contributed by atoms with Crippen LogP contribution in [0.25, 0.3) is 0 Å². The third kappa shape index (κ3) is 0.813. The first-order valence-corrected chi connectivity index (χ1v) is 4.08. The van der Waals surface area contributed by atoms with Crippen LogP contribution in [0.15, 0.2) is 24.3 Å². The molecule has 1 aromatic carbocycles. The summed E-state index contributed by atoms with van der Waals surface area (Å²) in [5.74, 6) is 0. The zero-order chi connectivity index (χ0) is 7.97. The smallest absolute Gasteiger partial charge is 0.183 e. The van der Waals surface area contributed by atoms with Crippen LogP contribution < -0.4 is 5.48 Å². The van der Waals surface area contributed by atoms with Gasteiger partial charge in [0.25, 0.3) is 0 Å². The van der Waals surface area contributed by atoms with E-state index in [1.54, 1.807) is 0 Å². The van der Waals surface area contributed by atoms with Gasteiger partial charge in [-0.15, -0.1) is 0 Å². The SMILES string of the molecule is c1ccc2c(c1)CC1ONC2O1. The molecule has 2 heterocycles. The van der Waals surface area contributed by atoms with E-state index < -0.39 is 0 Å². The first-order valence-electron chi connectivity index (χ1n) is 4.08. The molecular formula is C9H9NO2. The Balaban J connectivity index is 2.13. The Morgan fingerprint density at radius 2 is 2.25 bits per heavy atom. The van der Waals surface area contributed by atoms with Gasteiger partial charge in [0.1, 0.15) is 0 Å². The zero-order valence-corrected chi connectivity index (χ0v) is 6.49. The number of rotatable bonds is 0. The van der Waals surface area contributed by atoms with Crippen LogP contribution in [0.4, 0.5) is 0 Å². The second-order valence-electron chi connectivity index (χ2n) is 3.08. The van der Waals surface area contributed by atoms with Crippen molar-refractivity contribution in [3.63, 3.8) is 0 Å². The van der Waals surface area contributed by atoms with Crippen LogP contribution in [-0.4, -0.2) is 6.29 Å². The van der Waals surface area contributed by atoms with Crippen LogP contribution >= 0.6 is 0 Å². The molecule has 0 radical (unpaired) electrons. The van der Waals surface area contributed by atoms with E-state index in [9.17, 15) is 0 Å². The molecule has 2 atom stereocenters. The minimum Gasteiger partial charge on any atom is -0.326 e. The van der Waals surface area contributed by atoms with Gasteiger partial charge in [-0.05, 0) is 5.56 Å². The maximum Gasteiger partial charge on any atom is 0.183 e. The van der Waals surface area contributed by atoms with Crippen LogP contribution in [0.5, 0.6) is 0 Å². The van der Waals surface area contributed by atoms with Gasteiger partial charge in [-0.1, -0.05) is 24.3 Å². The topological polar surface area (TPSA) is 30.5 Å². The molecule has 2 aliphatic rings. The summed E-state index contributed by atoms with van der Waals surface area (Å²) >= 11 is 0. The Hall–Kier alpha value is -0.900. The fourth-order valence-corrected chi connectivity index (χ4v) is 1.73. The number of hydrogen-bond acceptors (Lipinski definition) is 3. The summed E-state index contributed by atoms with van der Waals surface area (Å²) in [6, 6.07) is 8.25. The van der Waals surface area contributed by atoms with Crippen molar-refractivity contribution in [1.29, 1.82) is 0 Å². The van der Waals surface area contributed by atoms with E-state index in [0.717, 1.165) is 6.42 Å². The first-order chi connectivity index (χ1) is 5.93. The molecule has 3 nitrogen and oxygen atoms in total. The average Bonchev–Trinajstić information content (AvgIpc) is 2.49. The van der Waals surface area contributed by atoms with E-state index in [1.807, 2.05) is 12.1 Å². The molecule has 1 aromatic rings. The van der Waals surface area contributed by atoms with Gasteiger partial charge in [-0.25, -0.2) is 0 Å². The monoisotopic (exact) mass is 163 g/mol. The number of hydroxylamine groups is 1. The van der Waals surface area contributed by atoms with Gasteiger partial charge in [-0.3, -0.25) is 4.84 Å². The molecule has 0 aliphatic carbocycles. The van der Waals surface area contributed by atoms with Gasteiger partial charge in [0, 0.05) is 12.0 Å². The Labute approximate surface area is 70.2 Å². The summed E-state index contributed by atoms with van der Waals surface area (Å²) in [5, 5.41) is 0. The summed E-state index contributed by atoms with van der Waals surface area (Å²) in [6.07, 6.45) is 0.699. The van der Waals surface area contributed by atoms with Crippen molar-refractivity contribution in [3.8, 4) is 0 Å². The van der Waals surface area contributed by atoms with Crippen LogP contribution in [0.2, 0.25) is 0 Å². The third-order valence-electron chi connectivity index (χ3n) is 2.32. The largest absolute Gasteiger partial charge is 0.326 e. The van der Waals surface area contributed by atoms with Gasteiger partial charge in [0.2, 0.25) is 0 Å². The molecule has 62 valence electrons. The van der Waals surface area contributed by atoms with E-state index in [-0.39, 0.29) is 12.5 Å². The number of benzene rings is 1. The Kier molecular flexibility index (Phi) is 1.26.